The predicted molar refractivity (Wildman–Crippen MR) is 108 cm³/mol. The molecule has 2 aliphatic rings. The summed E-state index contributed by atoms with van der Waals surface area (Å²) in [5.41, 5.74) is 1.71. The number of rotatable bonds is 4. The Kier molecular flexibility index (Phi) is 5.27. The summed E-state index contributed by atoms with van der Waals surface area (Å²) in [6.45, 7) is 2.26. The summed E-state index contributed by atoms with van der Waals surface area (Å²) in [5.74, 6) is 1.14. The molecule has 28 heavy (non-hydrogen) atoms. The van der Waals surface area contributed by atoms with Crippen LogP contribution in [0, 0.1) is 5.92 Å². The summed E-state index contributed by atoms with van der Waals surface area (Å²) in [6.07, 6.45) is 0.855. The minimum absolute atomic E-state index is 0.00452. The predicted octanol–water partition coefficient (Wildman–Crippen LogP) is 3.44. The third kappa shape index (κ3) is 3.72. The smallest absolute Gasteiger partial charge is 0.253 e. The number of hydrogen-bond acceptors (Lipinski definition) is 3. The SMILES string of the molecule is COc1ccc(C(=O)N2CCN(C(=O)C3CC3c3ccccc3Cl)CC2)cc1. The average Bonchev–Trinajstić information content (AvgIpc) is 3.54. The number of piperazine rings is 1. The summed E-state index contributed by atoms with van der Waals surface area (Å²) >= 11 is 6.27. The van der Waals surface area contributed by atoms with Crippen molar-refractivity contribution in [1.29, 1.82) is 0 Å². The molecular formula is C22H23ClN2O3. The summed E-state index contributed by atoms with van der Waals surface area (Å²) in [7, 11) is 1.60. The van der Waals surface area contributed by atoms with Crippen molar-refractivity contribution in [2.45, 2.75) is 12.3 Å². The molecule has 0 aromatic heterocycles. The summed E-state index contributed by atoms with van der Waals surface area (Å²) < 4.78 is 5.13. The molecule has 0 radical (unpaired) electrons. The lowest BCUT2D eigenvalue weighted by atomic mass is 10.1. The summed E-state index contributed by atoms with van der Waals surface area (Å²) in [6, 6.07) is 14.9. The highest BCUT2D eigenvalue weighted by Gasteiger charge is 2.46. The second-order valence-corrected chi connectivity index (χ2v) is 7.72. The Morgan fingerprint density at radius 2 is 1.61 bits per heavy atom. The van der Waals surface area contributed by atoms with Gasteiger partial charge in [-0.05, 0) is 48.2 Å². The Morgan fingerprint density at radius 3 is 2.25 bits per heavy atom. The van der Waals surface area contributed by atoms with Crippen LogP contribution in [0.1, 0.15) is 28.3 Å². The van der Waals surface area contributed by atoms with Gasteiger partial charge in [0.05, 0.1) is 7.11 Å². The fourth-order valence-electron chi connectivity index (χ4n) is 3.87. The standard InChI is InChI=1S/C22H23ClN2O3/c1-28-16-8-6-15(7-9-16)21(26)24-10-12-25(13-11-24)22(27)19-14-18(19)17-4-2-3-5-20(17)23/h2-9,18-19H,10-14H2,1H3. The van der Waals surface area contributed by atoms with Gasteiger partial charge in [0.15, 0.2) is 0 Å². The van der Waals surface area contributed by atoms with Gasteiger partial charge in [0.2, 0.25) is 5.91 Å². The van der Waals surface area contributed by atoms with Crippen molar-refractivity contribution < 1.29 is 14.3 Å². The van der Waals surface area contributed by atoms with Gasteiger partial charge in [-0.2, -0.15) is 0 Å². The van der Waals surface area contributed by atoms with E-state index in [1.165, 1.54) is 0 Å². The molecule has 2 aromatic rings. The van der Waals surface area contributed by atoms with Crippen LogP contribution in [0.15, 0.2) is 48.5 Å². The third-order valence-electron chi connectivity index (χ3n) is 5.63. The quantitative estimate of drug-likeness (QED) is 0.792. The number of benzene rings is 2. The van der Waals surface area contributed by atoms with E-state index in [0.29, 0.717) is 31.7 Å². The van der Waals surface area contributed by atoms with Gasteiger partial charge in [-0.15, -0.1) is 0 Å². The van der Waals surface area contributed by atoms with Gasteiger partial charge in [0.1, 0.15) is 5.75 Å². The highest BCUT2D eigenvalue weighted by atomic mass is 35.5. The van der Waals surface area contributed by atoms with Crippen molar-refractivity contribution in [1.82, 2.24) is 9.80 Å². The highest BCUT2D eigenvalue weighted by molar-refractivity contribution is 6.31. The zero-order valence-electron chi connectivity index (χ0n) is 15.8. The molecule has 1 saturated carbocycles. The first-order valence-electron chi connectivity index (χ1n) is 9.55. The van der Waals surface area contributed by atoms with E-state index in [1.807, 2.05) is 34.1 Å². The van der Waals surface area contributed by atoms with Gasteiger partial charge in [-0.25, -0.2) is 0 Å². The maximum atomic E-state index is 12.8. The number of halogens is 1. The molecule has 1 aliphatic carbocycles. The second kappa shape index (κ2) is 7.84. The molecule has 5 nitrogen and oxygen atoms in total. The summed E-state index contributed by atoms with van der Waals surface area (Å²) in [4.78, 5) is 29.2. The van der Waals surface area contributed by atoms with Gasteiger partial charge in [0.25, 0.3) is 5.91 Å². The topological polar surface area (TPSA) is 49.9 Å². The van der Waals surface area contributed by atoms with E-state index in [0.717, 1.165) is 22.8 Å². The molecule has 0 spiro atoms. The molecule has 1 saturated heterocycles. The van der Waals surface area contributed by atoms with Crippen molar-refractivity contribution in [3.05, 3.63) is 64.7 Å². The van der Waals surface area contributed by atoms with Crippen LogP contribution >= 0.6 is 11.6 Å². The molecule has 146 valence electrons. The molecule has 2 fully saturated rings. The third-order valence-corrected chi connectivity index (χ3v) is 5.97. The Balaban J connectivity index is 1.32. The second-order valence-electron chi connectivity index (χ2n) is 7.32. The minimum Gasteiger partial charge on any atom is -0.497 e. The molecule has 1 aliphatic heterocycles. The van der Waals surface area contributed by atoms with Crippen LogP contribution in [0.25, 0.3) is 0 Å². The number of amides is 2. The van der Waals surface area contributed by atoms with Gasteiger partial charge in [-0.1, -0.05) is 29.8 Å². The van der Waals surface area contributed by atoms with E-state index < -0.39 is 0 Å². The van der Waals surface area contributed by atoms with Gasteiger partial charge in [-0.3, -0.25) is 9.59 Å². The molecule has 2 amide bonds. The monoisotopic (exact) mass is 398 g/mol. The lowest BCUT2D eigenvalue weighted by molar-refractivity contribution is -0.134. The first kappa shape index (κ1) is 18.8. The molecule has 4 rings (SSSR count). The van der Waals surface area contributed by atoms with E-state index in [-0.39, 0.29) is 23.7 Å². The number of carbonyl (C=O) groups excluding carboxylic acids is 2. The number of ether oxygens (including phenoxy) is 1. The minimum atomic E-state index is -0.00452. The zero-order valence-corrected chi connectivity index (χ0v) is 16.6. The van der Waals surface area contributed by atoms with Crippen LogP contribution in [0.5, 0.6) is 5.75 Å². The van der Waals surface area contributed by atoms with Crippen LogP contribution in [0.3, 0.4) is 0 Å². The maximum absolute atomic E-state index is 12.8. The lowest BCUT2D eigenvalue weighted by Gasteiger charge is -2.35. The van der Waals surface area contributed by atoms with Crippen molar-refractivity contribution in [3.8, 4) is 5.75 Å². The number of nitrogens with zero attached hydrogens (tertiary/aromatic N) is 2. The normalized spacial score (nSPS) is 21.4. The fraction of sp³-hybridized carbons (Fsp3) is 0.364. The van der Waals surface area contributed by atoms with E-state index in [4.69, 9.17) is 16.3 Å². The molecule has 1 heterocycles. The number of hydrogen-bond donors (Lipinski definition) is 0. The Labute approximate surface area is 169 Å². The maximum Gasteiger partial charge on any atom is 0.253 e. The van der Waals surface area contributed by atoms with Gasteiger partial charge < -0.3 is 14.5 Å². The Morgan fingerprint density at radius 1 is 0.964 bits per heavy atom. The fourth-order valence-corrected chi connectivity index (χ4v) is 4.14. The van der Waals surface area contributed by atoms with E-state index in [2.05, 4.69) is 0 Å². The van der Waals surface area contributed by atoms with Crippen LogP contribution < -0.4 is 4.74 Å². The Hall–Kier alpha value is -2.53. The van der Waals surface area contributed by atoms with Crippen LogP contribution in [0.2, 0.25) is 5.02 Å². The lowest BCUT2D eigenvalue weighted by Crippen LogP contribution is -2.51. The van der Waals surface area contributed by atoms with E-state index >= 15 is 0 Å². The molecule has 2 aromatic carbocycles. The van der Waals surface area contributed by atoms with Crippen LogP contribution in [-0.2, 0) is 4.79 Å². The van der Waals surface area contributed by atoms with Crippen molar-refractivity contribution >= 4 is 23.4 Å². The average molecular weight is 399 g/mol. The Bertz CT molecular complexity index is 876. The number of carbonyl (C=O) groups is 2. The highest BCUT2D eigenvalue weighted by Crippen LogP contribution is 2.50. The molecule has 6 heteroatoms. The van der Waals surface area contributed by atoms with Gasteiger partial charge in [0, 0.05) is 42.7 Å². The van der Waals surface area contributed by atoms with Crippen LogP contribution in [-0.4, -0.2) is 54.9 Å². The van der Waals surface area contributed by atoms with Crippen molar-refractivity contribution in [2.24, 2.45) is 5.92 Å². The zero-order chi connectivity index (χ0) is 19.7. The largest absolute Gasteiger partial charge is 0.497 e. The van der Waals surface area contributed by atoms with E-state index in [1.54, 1.807) is 31.4 Å². The van der Waals surface area contributed by atoms with E-state index in [9.17, 15) is 9.59 Å². The number of methoxy groups -OCH3 is 1. The van der Waals surface area contributed by atoms with Gasteiger partial charge >= 0.3 is 0 Å². The first-order chi connectivity index (χ1) is 13.6. The molecule has 2 unspecified atom stereocenters. The molecule has 0 N–H and O–H groups in total. The molecule has 0 bridgehead atoms. The van der Waals surface area contributed by atoms with Crippen LogP contribution in [0.4, 0.5) is 0 Å². The summed E-state index contributed by atoms with van der Waals surface area (Å²) in [5, 5.41) is 0.734. The first-order valence-corrected chi connectivity index (χ1v) is 9.93. The van der Waals surface area contributed by atoms with Crippen molar-refractivity contribution in [3.63, 3.8) is 0 Å². The molecular weight excluding hydrogens is 376 g/mol. The molecule has 2 atom stereocenters. The van der Waals surface area contributed by atoms with Crippen molar-refractivity contribution in [2.75, 3.05) is 33.3 Å².